The van der Waals surface area contributed by atoms with Crippen molar-refractivity contribution in [3.63, 3.8) is 0 Å². The zero-order valence-corrected chi connectivity index (χ0v) is 10.7. The maximum absolute atomic E-state index is 11.9. The maximum atomic E-state index is 11.9. The van der Waals surface area contributed by atoms with Crippen LogP contribution in [0.3, 0.4) is 0 Å². The van der Waals surface area contributed by atoms with E-state index in [-0.39, 0.29) is 11.4 Å². The zero-order valence-electron chi connectivity index (χ0n) is 10.7. The van der Waals surface area contributed by atoms with Crippen LogP contribution in [0, 0.1) is 12.3 Å². The van der Waals surface area contributed by atoms with Gasteiger partial charge in [0.2, 0.25) is 0 Å². The summed E-state index contributed by atoms with van der Waals surface area (Å²) in [7, 11) is 0. The second-order valence-electron chi connectivity index (χ2n) is 5.57. The Hall–Kier alpha value is -1.65. The van der Waals surface area contributed by atoms with Crippen LogP contribution in [0.5, 0.6) is 0 Å². The van der Waals surface area contributed by atoms with Crippen molar-refractivity contribution in [3.05, 3.63) is 17.6 Å². The number of hydrogen-bond acceptors (Lipinski definition) is 3. The Kier molecular flexibility index (Phi) is 2.77. The first-order chi connectivity index (χ1) is 7.87. The van der Waals surface area contributed by atoms with Gasteiger partial charge >= 0.3 is 6.03 Å². The highest BCUT2D eigenvalue weighted by Crippen LogP contribution is 2.25. The zero-order chi connectivity index (χ0) is 12.6. The molecule has 5 heteroatoms. The second-order valence-corrected chi connectivity index (χ2v) is 5.57. The second kappa shape index (κ2) is 3.98. The smallest absolute Gasteiger partial charge is 0.323 e. The molecule has 0 atom stereocenters. The van der Waals surface area contributed by atoms with Crippen LogP contribution in [0.15, 0.2) is 6.20 Å². The van der Waals surface area contributed by atoms with Crippen molar-refractivity contribution >= 4 is 11.8 Å². The van der Waals surface area contributed by atoms with Gasteiger partial charge in [0.15, 0.2) is 0 Å². The van der Waals surface area contributed by atoms with Crippen molar-refractivity contribution < 1.29 is 4.79 Å². The van der Waals surface area contributed by atoms with E-state index in [4.69, 9.17) is 0 Å². The third-order valence-electron chi connectivity index (χ3n) is 2.53. The Balaban J connectivity index is 2.39. The molecule has 0 fully saturated rings. The molecule has 0 saturated heterocycles. The summed E-state index contributed by atoms with van der Waals surface area (Å²) < 4.78 is 0. The highest BCUT2D eigenvalue weighted by Gasteiger charge is 2.29. The molecule has 0 spiro atoms. The van der Waals surface area contributed by atoms with Crippen molar-refractivity contribution in [1.29, 1.82) is 0 Å². The predicted molar refractivity (Wildman–Crippen MR) is 65.8 cm³/mol. The number of nitrogens with one attached hydrogen (secondary N) is 1. The summed E-state index contributed by atoms with van der Waals surface area (Å²) in [6.45, 7) is 9.28. The number of hydrogen-bond donors (Lipinski definition) is 1. The Labute approximate surface area is 101 Å². The topological polar surface area (TPSA) is 58.1 Å². The molecule has 1 aromatic rings. The minimum absolute atomic E-state index is 0.0325. The van der Waals surface area contributed by atoms with E-state index in [2.05, 4.69) is 36.1 Å². The van der Waals surface area contributed by atoms with E-state index in [1.165, 1.54) is 0 Å². The molecule has 5 nitrogen and oxygen atoms in total. The van der Waals surface area contributed by atoms with Crippen molar-refractivity contribution in [1.82, 2.24) is 15.3 Å². The molecule has 0 unspecified atom stereocenters. The summed E-state index contributed by atoms with van der Waals surface area (Å²) in [5.74, 6) is 1.44. The van der Waals surface area contributed by atoms with Gasteiger partial charge in [-0.2, -0.15) is 0 Å². The van der Waals surface area contributed by atoms with E-state index < -0.39 is 0 Å². The van der Waals surface area contributed by atoms with Crippen molar-refractivity contribution in [3.8, 4) is 0 Å². The van der Waals surface area contributed by atoms with Crippen molar-refractivity contribution in [2.24, 2.45) is 5.41 Å². The van der Waals surface area contributed by atoms with Crippen LogP contribution in [0.1, 0.15) is 32.2 Å². The summed E-state index contributed by atoms with van der Waals surface area (Å²) >= 11 is 0. The van der Waals surface area contributed by atoms with Gasteiger partial charge in [-0.05, 0) is 12.3 Å². The molecule has 1 aliphatic heterocycles. The fourth-order valence-electron chi connectivity index (χ4n) is 1.82. The first kappa shape index (κ1) is 11.8. The first-order valence-corrected chi connectivity index (χ1v) is 5.75. The van der Waals surface area contributed by atoms with Crippen LogP contribution in [-0.2, 0) is 6.54 Å². The number of aryl methyl sites for hydroxylation is 1. The van der Waals surface area contributed by atoms with Crippen molar-refractivity contribution in [2.75, 3.05) is 11.4 Å². The monoisotopic (exact) mass is 234 g/mol. The number of nitrogens with zero attached hydrogens (tertiary/aromatic N) is 3. The lowest BCUT2D eigenvalue weighted by Crippen LogP contribution is -2.48. The molecule has 2 heterocycles. The van der Waals surface area contributed by atoms with Crippen LogP contribution in [0.25, 0.3) is 0 Å². The SMILES string of the molecule is Cc1ncc2c(n1)N(CC(C)(C)C)C(=O)NC2. The molecule has 0 aliphatic carbocycles. The van der Waals surface area contributed by atoms with Gasteiger partial charge in [0.1, 0.15) is 11.6 Å². The van der Waals surface area contributed by atoms with Gasteiger partial charge in [-0.1, -0.05) is 20.8 Å². The van der Waals surface area contributed by atoms with Gasteiger partial charge in [0.05, 0.1) is 0 Å². The molecule has 17 heavy (non-hydrogen) atoms. The molecule has 92 valence electrons. The Bertz CT molecular complexity index is 450. The quantitative estimate of drug-likeness (QED) is 0.807. The molecule has 0 saturated carbocycles. The van der Waals surface area contributed by atoms with E-state index in [0.717, 1.165) is 11.4 Å². The summed E-state index contributed by atoms with van der Waals surface area (Å²) in [4.78, 5) is 22.1. The molecular formula is C12H18N4O. The highest BCUT2D eigenvalue weighted by atomic mass is 16.2. The Morgan fingerprint density at radius 2 is 2.18 bits per heavy atom. The summed E-state index contributed by atoms with van der Waals surface area (Å²) in [6.07, 6.45) is 1.78. The molecule has 0 aromatic carbocycles. The Morgan fingerprint density at radius 1 is 1.47 bits per heavy atom. The summed E-state index contributed by atoms with van der Waals surface area (Å²) in [5.41, 5.74) is 1.00. The lowest BCUT2D eigenvalue weighted by atomic mass is 9.96. The number of fused-ring (bicyclic) bond motifs is 1. The highest BCUT2D eigenvalue weighted by molar-refractivity contribution is 5.93. The predicted octanol–water partition coefficient (Wildman–Crippen LogP) is 1.86. The van der Waals surface area contributed by atoms with Gasteiger partial charge in [-0.3, -0.25) is 4.90 Å². The fourth-order valence-corrected chi connectivity index (χ4v) is 1.82. The van der Waals surface area contributed by atoms with Crippen LogP contribution in [0.4, 0.5) is 10.6 Å². The van der Waals surface area contributed by atoms with E-state index in [1.807, 2.05) is 6.92 Å². The van der Waals surface area contributed by atoms with Gasteiger partial charge < -0.3 is 5.32 Å². The molecule has 2 amide bonds. The molecule has 1 aliphatic rings. The van der Waals surface area contributed by atoms with Gasteiger partial charge in [-0.25, -0.2) is 14.8 Å². The first-order valence-electron chi connectivity index (χ1n) is 5.75. The third kappa shape index (κ3) is 2.54. The molecule has 0 radical (unpaired) electrons. The number of urea groups is 1. The normalized spacial score (nSPS) is 15.5. The van der Waals surface area contributed by atoms with Gasteiger partial charge in [0.25, 0.3) is 0 Å². The average molecular weight is 234 g/mol. The molecule has 1 N–H and O–H groups in total. The number of aromatic nitrogens is 2. The van der Waals surface area contributed by atoms with Crippen LogP contribution in [0.2, 0.25) is 0 Å². The minimum Gasteiger partial charge on any atom is -0.333 e. The molecule has 1 aromatic heterocycles. The lowest BCUT2D eigenvalue weighted by molar-refractivity contribution is 0.240. The number of rotatable bonds is 1. The minimum atomic E-state index is -0.0782. The van der Waals surface area contributed by atoms with Crippen LogP contribution < -0.4 is 10.2 Å². The number of amides is 2. The molecule has 2 rings (SSSR count). The van der Waals surface area contributed by atoms with Crippen LogP contribution >= 0.6 is 0 Å². The number of anilines is 1. The van der Waals surface area contributed by atoms with E-state index >= 15 is 0 Å². The molecule has 0 bridgehead atoms. The van der Waals surface area contributed by atoms with Crippen LogP contribution in [-0.4, -0.2) is 22.5 Å². The van der Waals surface area contributed by atoms with E-state index in [1.54, 1.807) is 11.1 Å². The van der Waals surface area contributed by atoms with E-state index in [9.17, 15) is 4.79 Å². The maximum Gasteiger partial charge on any atom is 0.323 e. The largest absolute Gasteiger partial charge is 0.333 e. The average Bonchev–Trinajstić information content (AvgIpc) is 2.21. The van der Waals surface area contributed by atoms with Crippen molar-refractivity contribution in [2.45, 2.75) is 34.2 Å². The molecular weight excluding hydrogens is 216 g/mol. The third-order valence-corrected chi connectivity index (χ3v) is 2.53. The summed E-state index contributed by atoms with van der Waals surface area (Å²) in [5, 5.41) is 2.84. The lowest BCUT2D eigenvalue weighted by Gasteiger charge is -2.33. The fraction of sp³-hybridized carbons (Fsp3) is 0.583. The summed E-state index contributed by atoms with van der Waals surface area (Å²) in [6, 6.07) is -0.0782. The van der Waals surface area contributed by atoms with E-state index in [0.29, 0.717) is 18.9 Å². The number of carbonyl (C=O) groups is 1. The standard InChI is InChI=1S/C12H18N4O/c1-8-13-5-9-6-14-11(17)16(10(9)15-8)7-12(2,3)4/h5H,6-7H2,1-4H3,(H,14,17). The Morgan fingerprint density at radius 3 is 2.82 bits per heavy atom. The number of carbonyl (C=O) groups excluding carboxylic acids is 1. The van der Waals surface area contributed by atoms with Gasteiger partial charge in [-0.15, -0.1) is 0 Å². The van der Waals surface area contributed by atoms with Gasteiger partial charge in [0, 0.05) is 24.8 Å².